The Morgan fingerprint density at radius 1 is 1.37 bits per heavy atom. The summed E-state index contributed by atoms with van der Waals surface area (Å²) in [4.78, 5) is 34.1. The molecule has 6 heteroatoms. The van der Waals surface area contributed by atoms with Gasteiger partial charge in [0.2, 0.25) is 5.91 Å². The summed E-state index contributed by atoms with van der Waals surface area (Å²) in [6.07, 6.45) is 1.06. The number of ketones is 1. The molecule has 1 aliphatic rings. The van der Waals surface area contributed by atoms with Crippen molar-refractivity contribution in [1.29, 1.82) is 0 Å². The van der Waals surface area contributed by atoms with Crippen molar-refractivity contribution in [2.45, 2.75) is 26.2 Å². The van der Waals surface area contributed by atoms with Crippen LogP contribution in [0.5, 0.6) is 0 Å². The average Bonchev–Trinajstić information content (AvgIpc) is 2.26. The maximum Gasteiger partial charge on any atom is 0.338 e. The zero-order valence-electron chi connectivity index (χ0n) is 10.2. The van der Waals surface area contributed by atoms with Gasteiger partial charge in [0.15, 0.2) is 5.78 Å². The molecule has 0 saturated heterocycles. The predicted octanol–water partition coefficient (Wildman–Crippen LogP) is 2.00. The monoisotopic (exact) mass is 265 g/mol. The first-order chi connectivity index (χ1) is 8.91. The van der Waals surface area contributed by atoms with Gasteiger partial charge in [0.05, 0.1) is 11.3 Å². The van der Waals surface area contributed by atoms with E-state index in [1.54, 1.807) is 0 Å². The molecule has 2 N–H and O–H groups in total. The second-order valence-corrected chi connectivity index (χ2v) is 4.40. The molecule has 0 spiro atoms. The maximum atomic E-state index is 13.8. The largest absolute Gasteiger partial charge is 0.478 e. The van der Waals surface area contributed by atoms with E-state index in [0.29, 0.717) is 12.8 Å². The Balaban J connectivity index is 2.72. The smallest absolute Gasteiger partial charge is 0.338 e. The summed E-state index contributed by atoms with van der Waals surface area (Å²) in [5.41, 5.74) is -0.125. The molecule has 1 aromatic rings. The zero-order chi connectivity index (χ0) is 14.2. The van der Waals surface area contributed by atoms with E-state index in [4.69, 9.17) is 5.11 Å². The van der Waals surface area contributed by atoms with Crippen LogP contribution in [0.3, 0.4) is 0 Å². The van der Waals surface area contributed by atoms with Crippen molar-refractivity contribution in [2.24, 2.45) is 0 Å². The molecule has 0 atom stereocenters. The van der Waals surface area contributed by atoms with Crippen molar-refractivity contribution in [1.82, 2.24) is 0 Å². The van der Waals surface area contributed by atoms with Crippen LogP contribution < -0.4 is 5.32 Å². The Bertz CT molecular complexity index is 595. The van der Waals surface area contributed by atoms with Gasteiger partial charge >= 0.3 is 5.97 Å². The van der Waals surface area contributed by atoms with Gasteiger partial charge in [0.1, 0.15) is 5.82 Å². The Hall–Kier alpha value is -2.24. The number of hydrogen-bond acceptors (Lipinski definition) is 3. The highest BCUT2D eigenvalue weighted by atomic mass is 19.1. The second kappa shape index (κ2) is 4.79. The quantitative estimate of drug-likeness (QED) is 0.856. The van der Waals surface area contributed by atoms with Crippen LogP contribution in [0.2, 0.25) is 0 Å². The molecule has 0 unspecified atom stereocenters. The maximum absolute atomic E-state index is 13.8. The zero-order valence-corrected chi connectivity index (χ0v) is 10.2. The fourth-order valence-corrected chi connectivity index (χ4v) is 2.34. The molecule has 2 rings (SSSR count). The molecule has 1 aliphatic carbocycles. The number of benzene rings is 1. The Kier molecular flexibility index (Phi) is 3.33. The number of carbonyl (C=O) groups excluding carboxylic acids is 2. The molecular weight excluding hydrogens is 253 g/mol. The summed E-state index contributed by atoms with van der Waals surface area (Å²) >= 11 is 0. The van der Waals surface area contributed by atoms with Crippen molar-refractivity contribution in [3.8, 4) is 0 Å². The Morgan fingerprint density at radius 3 is 2.63 bits per heavy atom. The van der Waals surface area contributed by atoms with Gasteiger partial charge in [0.25, 0.3) is 0 Å². The van der Waals surface area contributed by atoms with Crippen LogP contribution in [0.15, 0.2) is 6.07 Å². The molecule has 19 heavy (non-hydrogen) atoms. The van der Waals surface area contributed by atoms with Gasteiger partial charge < -0.3 is 10.4 Å². The number of halogens is 1. The van der Waals surface area contributed by atoms with Crippen LogP contribution in [-0.2, 0) is 11.2 Å². The molecule has 0 fully saturated rings. The summed E-state index contributed by atoms with van der Waals surface area (Å²) in [5.74, 6) is -3.06. The molecule has 0 heterocycles. The lowest BCUT2D eigenvalue weighted by Gasteiger charge is -2.20. The van der Waals surface area contributed by atoms with Gasteiger partial charge in [-0.3, -0.25) is 9.59 Å². The Labute approximate surface area is 108 Å². The third kappa shape index (κ3) is 2.33. The predicted molar refractivity (Wildman–Crippen MR) is 64.9 cm³/mol. The number of Topliss-reactive ketones (excluding diaryl/α,β-unsaturated/α-hetero) is 1. The number of carboxylic acid groups (broad SMARTS) is 1. The van der Waals surface area contributed by atoms with Crippen LogP contribution >= 0.6 is 0 Å². The summed E-state index contributed by atoms with van der Waals surface area (Å²) < 4.78 is 13.8. The van der Waals surface area contributed by atoms with E-state index >= 15 is 0 Å². The molecule has 0 radical (unpaired) electrons. The molecule has 5 nitrogen and oxygen atoms in total. The van der Waals surface area contributed by atoms with E-state index in [0.717, 1.165) is 6.07 Å². The first-order valence-electron chi connectivity index (χ1n) is 5.81. The lowest BCUT2D eigenvalue weighted by molar-refractivity contribution is -0.114. The van der Waals surface area contributed by atoms with Gasteiger partial charge in [-0.05, 0) is 24.5 Å². The topological polar surface area (TPSA) is 83.5 Å². The van der Waals surface area contributed by atoms with E-state index < -0.39 is 23.3 Å². The minimum atomic E-state index is -1.40. The highest BCUT2D eigenvalue weighted by Gasteiger charge is 2.29. The molecule has 1 amide bonds. The van der Waals surface area contributed by atoms with Crippen LogP contribution in [0.1, 0.15) is 46.0 Å². The van der Waals surface area contributed by atoms with Crippen molar-refractivity contribution in [3.63, 3.8) is 0 Å². The van der Waals surface area contributed by atoms with Crippen LogP contribution in [0.4, 0.5) is 10.1 Å². The molecule has 1 aromatic carbocycles. The van der Waals surface area contributed by atoms with Crippen molar-refractivity contribution < 1.29 is 23.9 Å². The molecule has 0 aliphatic heterocycles. The van der Waals surface area contributed by atoms with Crippen molar-refractivity contribution in [3.05, 3.63) is 28.6 Å². The first-order valence-corrected chi connectivity index (χ1v) is 5.81. The van der Waals surface area contributed by atoms with Crippen LogP contribution in [0.25, 0.3) is 0 Å². The lowest BCUT2D eigenvalue weighted by atomic mass is 9.85. The highest BCUT2D eigenvalue weighted by Crippen LogP contribution is 2.32. The molecule has 0 bridgehead atoms. The fraction of sp³-hybridized carbons (Fsp3) is 0.308. The number of carbonyl (C=O) groups is 3. The van der Waals surface area contributed by atoms with E-state index in [-0.39, 0.29) is 29.0 Å². The number of rotatable bonds is 2. The summed E-state index contributed by atoms with van der Waals surface area (Å²) in [6.45, 7) is 1.24. The third-order valence-electron chi connectivity index (χ3n) is 3.02. The van der Waals surface area contributed by atoms with Gasteiger partial charge in [0, 0.05) is 18.9 Å². The van der Waals surface area contributed by atoms with Gasteiger partial charge in [-0.1, -0.05) is 0 Å². The average molecular weight is 265 g/mol. The number of amides is 1. The van der Waals surface area contributed by atoms with E-state index in [1.165, 1.54) is 6.92 Å². The number of nitrogens with one attached hydrogen (secondary N) is 1. The molecule has 0 saturated carbocycles. The normalized spacial score (nSPS) is 13.9. The number of aromatic carboxylic acids is 1. The number of hydrogen-bond donors (Lipinski definition) is 2. The minimum absolute atomic E-state index is 0.0506. The third-order valence-corrected chi connectivity index (χ3v) is 3.02. The SMILES string of the molecule is CC(=O)Nc1cc(F)c(C(=O)O)c2c1C(=O)CCC2. The second-order valence-electron chi connectivity index (χ2n) is 4.40. The highest BCUT2D eigenvalue weighted by molar-refractivity contribution is 6.09. The number of carboxylic acids is 1. The van der Waals surface area contributed by atoms with Crippen LogP contribution in [0, 0.1) is 5.82 Å². The fourth-order valence-electron chi connectivity index (χ4n) is 2.34. The number of fused-ring (bicyclic) bond motifs is 1. The minimum Gasteiger partial charge on any atom is -0.478 e. The van der Waals surface area contributed by atoms with E-state index in [1.807, 2.05) is 0 Å². The summed E-state index contributed by atoms with van der Waals surface area (Å²) in [5, 5.41) is 11.4. The van der Waals surface area contributed by atoms with Gasteiger partial charge in [-0.25, -0.2) is 9.18 Å². The summed E-state index contributed by atoms with van der Waals surface area (Å²) in [6, 6.07) is 0.896. The van der Waals surface area contributed by atoms with Crippen LogP contribution in [-0.4, -0.2) is 22.8 Å². The first kappa shape index (κ1) is 13.2. The van der Waals surface area contributed by atoms with Crippen molar-refractivity contribution in [2.75, 3.05) is 5.32 Å². The van der Waals surface area contributed by atoms with Gasteiger partial charge in [-0.15, -0.1) is 0 Å². The standard InChI is InChI=1S/C13H12FNO4/c1-6(16)15-9-5-8(14)11(13(18)19)7-3-2-4-10(17)12(7)9/h5H,2-4H2,1H3,(H,15,16)(H,18,19). The molecular formula is C13H12FNO4. The number of anilines is 1. The lowest BCUT2D eigenvalue weighted by Crippen LogP contribution is -2.21. The van der Waals surface area contributed by atoms with E-state index in [2.05, 4.69) is 5.32 Å². The van der Waals surface area contributed by atoms with Gasteiger partial charge in [-0.2, -0.15) is 0 Å². The molecule has 0 aromatic heterocycles. The van der Waals surface area contributed by atoms with Crippen molar-refractivity contribution >= 4 is 23.3 Å². The molecule has 100 valence electrons. The van der Waals surface area contributed by atoms with E-state index in [9.17, 15) is 18.8 Å². The Morgan fingerprint density at radius 2 is 2.05 bits per heavy atom. The summed E-state index contributed by atoms with van der Waals surface area (Å²) in [7, 11) is 0.